The number of nitro benzene ring substituents is 1. The summed E-state index contributed by atoms with van der Waals surface area (Å²) in [5.74, 6) is 0. The summed E-state index contributed by atoms with van der Waals surface area (Å²) in [6, 6.07) is 9.28. The number of nitro groups is 1. The molecule has 3 aromatic rings. The van der Waals surface area contributed by atoms with Crippen LogP contribution >= 0.6 is 0 Å². The third-order valence-corrected chi connectivity index (χ3v) is 2.71. The fraction of sp³-hybridized carbons (Fsp3) is 0. The van der Waals surface area contributed by atoms with Gasteiger partial charge in [-0.3, -0.25) is 19.3 Å². The number of pyridine rings is 1. The summed E-state index contributed by atoms with van der Waals surface area (Å²) in [5, 5.41) is 10.9. The maximum atomic E-state index is 12.2. The molecule has 0 unspecified atom stereocenters. The Morgan fingerprint density at radius 2 is 2.06 bits per heavy atom. The molecule has 1 aromatic carbocycles. The summed E-state index contributed by atoms with van der Waals surface area (Å²) in [4.78, 5) is 26.6. The molecule has 0 N–H and O–H groups in total. The van der Waals surface area contributed by atoms with E-state index in [2.05, 4.69) is 4.98 Å². The molecular formula is C12H7N3O3. The third-order valence-electron chi connectivity index (χ3n) is 2.71. The number of aromatic nitrogens is 2. The Morgan fingerprint density at radius 3 is 2.83 bits per heavy atom. The van der Waals surface area contributed by atoms with Crippen molar-refractivity contribution in [3.8, 4) is 0 Å². The number of fused-ring (bicyclic) bond motifs is 2. The molecule has 0 saturated carbocycles. The zero-order chi connectivity index (χ0) is 12.7. The van der Waals surface area contributed by atoms with E-state index in [1.807, 2.05) is 0 Å². The van der Waals surface area contributed by atoms with Crippen molar-refractivity contribution in [3.05, 3.63) is 63.1 Å². The molecule has 3 rings (SSSR count). The molecule has 0 saturated heterocycles. The van der Waals surface area contributed by atoms with E-state index in [0.717, 1.165) is 0 Å². The molecule has 88 valence electrons. The molecule has 0 aliphatic rings. The first-order valence-corrected chi connectivity index (χ1v) is 5.22. The maximum Gasteiger partial charge on any atom is 0.270 e. The fourth-order valence-corrected chi connectivity index (χ4v) is 1.86. The highest BCUT2D eigenvalue weighted by molar-refractivity contribution is 5.81. The van der Waals surface area contributed by atoms with E-state index in [0.29, 0.717) is 11.2 Å². The minimum Gasteiger partial charge on any atom is -0.268 e. The summed E-state index contributed by atoms with van der Waals surface area (Å²) < 4.78 is 1.37. The highest BCUT2D eigenvalue weighted by atomic mass is 16.6. The van der Waals surface area contributed by atoms with Crippen molar-refractivity contribution in [1.29, 1.82) is 0 Å². The van der Waals surface area contributed by atoms with Crippen LogP contribution in [-0.4, -0.2) is 14.3 Å². The molecule has 0 amide bonds. The highest BCUT2D eigenvalue weighted by Gasteiger charge is 2.10. The smallest absolute Gasteiger partial charge is 0.268 e. The summed E-state index contributed by atoms with van der Waals surface area (Å²) in [6.45, 7) is 0. The van der Waals surface area contributed by atoms with Gasteiger partial charge in [0.05, 0.1) is 15.8 Å². The molecule has 6 nitrogen and oxygen atoms in total. The lowest BCUT2D eigenvalue weighted by Crippen LogP contribution is -2.14. The second-order valence-electron chi connectivity index (χ2n) is 3.80. The van der Waals surface area contributed by atoms with Gasteiger partial charge in [0.2, 0.25) is 0 Å². The van der Waals surface area contributed by atoms with Crippen molar-refractivity contribution in [2.24, 2.45) is 0 Å². The van der Waals surface area contributed by atoms with Gasteiger partial charge in [0, 0.05) is 18.3 Å². The number of nitrogens with zero attached hydrogens (tertiary/aromatic N) is 3. The zero-order valence-corrected chi connectivity index (χ0v) is 9.11. The summed E-state index contributed by atoms with van der Waals surface area (Å²) >= 11 is 0. The first-order valence-electron chi connectivity index (χ1n) is 5.22. The molecule has 0 aliphatic carbocycles. The van der Waals surface area contributed by atoms with Crippen molar-refractivity contribution in [2.75, 3.05) is 0 Å². The van der Waals surface area contributed by atoms with E-state index in [9.17, 15) is 14.9 Å². The fourth-order valence-electron chi connectivity index (χ4n) is 1.86. The molecule has 0 bridgehead atoms. The predicted octanol–water partition coefficient (Wildman–Crippen LogP) is 1.76. The maximum absolute atomic E-state index is 12.2. The molecular weight excluding hydrogens is 234 g/mol. The van der Waals surface area contributed by atoms with Gasteiger partial charge < -0.3 is 0 Å². The largest absolute Gasteiger partial charge is 0.270 e. The van der Waals surface area contributed by atoms with Crippen molar-refractivity contribution in [1.82, 2.24) is 9.38 Å². The molecule has 18 heavy (non-hydrogen) atoms. The van der Waals surface area contributed by atoms with Crippen LogP contribution in [0.5, 0.6) is 0 Å². The third kappa shape index (κ3) is 1.43. The quantitative estimate of drug-likeness (QED) is 0.369. The SMILES string of the molecule is O=c1c2cc([N+](=O)[O-])ccc2nc2ccccn12. The summed E-state index contributed by atoms with van der Waals surface area (Å²) in [6.07, 6.45) is 1.59. The molecule has 0 radical (unpaired) electrons. The van der Waals surface area contributed by atoms with E-state index in [-0.39, 0.29) is 16.6 Å². The van der Waals surface area contributed by atoms with Gasteiger partial charge in [-0.1, -0.05) is 6.07 Å². The second kappa shape index (κ2) is 3.63. The van der Waals surface area contributed by atoms with Gasteiger partial charge in [-0.15, -0.1) is 0 Å². The average Bonchev–Trinajstić information content (AvgIpc) is 2.38. The molecule has 0 spiro atoms. The minimum absolute atomic E-state index is 0.114. The lowest BCUT2D eigenvalue weighted by Gasteiger charge is -2.02. The Hall–Kier alpha value is -2.76. The Labute approximate surface area is 100 Å². The van der Waals surface area contributed by atoms with E-state index in [1.54, 1.807) is 24.4 Å². The lowest BCUT2D eigenvalue weighted by atomic mass is 10.2. The zero-order valence-electron chi connectivity index (χ0n) is 9.11. The number of benzene rings is 1. The van der Waals surface area contributed by atoms with E-state index >= 15 is 0 Å². The lowest BCUT2D eigenvalue weighted by molar-refractivity contribution is -0.384. The Balaban J connectivity index is 2.49. The van der Waals surface area contributed by atoms with E-state index in [1.165, 1.54) is 22.6 Å². The normalized spacial score (nSPS) is 10.9. The van der Waals surface area contributed by atoms with Crippen LogP contribution in [0, 0.1) is 10.1 Å². The Bertz CT molecular complexity index is 839. The number of non-ortho nitro benzene ring substituents is 1. The van der Waals surface area contributed by atoms with Gasteiger partial charge in [0.1, 0.15) is 5.65 Å². The number of rotatable bonds is 1. The Morgan fingerprint density at radius 1 is 1.22 bits per heavy atom. The molecule has 0 aliphatic heterocycles. The topological polar surface area (TPSA) is 77.5 Å². The summed E-state index contributed by atoms with van der Waals surface area (Å²) in [7, 11) is 0. The number of hydrogen-bond donors (Lipinski definition) is 0. The van der Waals surface area contributed by atoms with Crippen LogP contribution in [0.25, 0.3) is 16.6 Å². The molecule has 2 heterocycles. The minimum atomic E-state index is -0.529. The first kappa shape index (κ1) is 10.4. The van der Waals surface area contributed by atoms with Crippen molar-refractivity contribution in [2.45, 2.75) is 0 Å². The molecule has 2 aromatic heterocycles. The standard InChI is InChI=1S/C12H7N3O3/c16-12-9-7-8(15(17)18)4-5-10(9)13-11-3-1-2-6-14(11)12/h1-7H. The van der Waals surface area contributed by atoms with Gasteiger partial charge in [-0.2, -0.15) is 0 Å². The van der Waals surface area contributed by atoms with Gasteiger partial charge in [0.25, 0.3) is 11.2 Å². The van der Waals surface area contributed by atoms with Crippen molar-refractivity contribution >= 4 is 22.2 Å². The molecule has 0 atom stereocenters. The predicted molar refractivity (Wildman–Crippen MR) is 65.6 cm³/mol. The van der Waals surface area contributed by atoms with Gasteiger partial charge in [0.15, 0.2) is 0 Å². The van der Waals surface area contributed by atoms with E-state index < -0.39 is 4.92 Å². The van der Waals surface area contributed by atoms with Crippen molar-refractivity contribution < 1.29 is 4.92 Å². The van der Waals surface area contributed by atoms with Crippen LogP contribution in [0.1, 0.15) is 0 Å². The Kier molecular flexibility index (Phi) is 2.09. The van der Waals surface area contributed by atoms with Crippen LogP contribution in [0.2, 0.25) is 0 Å². The van der Waals surface area contributed by atoms with Crippen molar-refractivity contribution in [3.63, 3.8) is 0 Å². The number of hydrogen-bond acceptors (Lipinski definition) is 4. The second-order valence-corrected chi connectivity index (χ2v) is 3.80. The van der Waals surface area contributed by atoms with Gasteiger partial charge in [-0.05, 0) is 18.2 Å². The molecule has 0 fully saturated rings. The van der Waals surface area contributed by atoms with E-state index in [4.69, 9.17) is 0 Å². The van der Waals surface area contributed by atoms with Gasteiger partial charge in [-0.25, -0.2) is 4.98 Å². The van der Waals surface area contributed by atoms with Crippen LogP contribution in [0.3, 0.4) is 0 Å². The first-order chi connectivity index (χ1) is 8.66. The molecule has 6 heteroatoms. The summed E-state index contributed by atoms with van der Waals surface area (Å²) in [5.41, 5.74) is 0.553. The van der Waals surface area contributed by atoms with Crippen LogP contribution < -0.4 is 5.56 Å². The highest BCUT2D eigenvalue weighted by Crippen LogP contribution is 2.17. The average molecular weight is 241 g/mol. The van der Waals surface area contributed by atoms with Crippen LogP contribution in [0.4, 0.5) is 5.69 Å². The monoisotopic (exact) mass is 241 g/mol. The van der Waals surface area contributed by atoms with Crippen LogP contribution in [0.15, 0.2) is 47.4 Å². The van der Waals surface area contributed by atoms with Gasteiger partial charge >= 0.3 is 0 Å². The van der Waals surface area contributed by atoms with Crippen LogP contribution in [-0.2, 0) is 0 Å².